The first kappa shape index (κ1) is 15.5. The minimum atomic E-state index is -3.93. The van der Waals surface area contributed by atoms with Crippen LogP contribution in [0.2, 0.25) is 0 Å². The van der Waals surface area contributed by atoms with Gasteiger partial charge in [0.15, 0.2) is 0 Å². The molecule has 126 valence electrons. The van der Waals surface area contributed by atoms with Crippen LogP contribution in [0.1, 0.15) is 20.7 Å². The molecule has 1 aromatic carbocycles. The Morgan fingerprint density at radius 1 is 1.04 bits per heavy atom. The zero-order valence-electron chi connectivity index (χ0n) is 13.1. The van der Waals surface area contributed by atoms with Crippen molar-refractivity contribution in [1.29, 1.82) is 0 Å². The third kappa shape index (κ3) is 2.23. The fourth-order valence-electron chi connectivity index (χ4n) is 2.90. The van der Waals surface area contributed by atoms with Gasteiger partial charge in [-0.2, -0.15) is 8.42 Å². The lowest BCUT2D eigenvalue weighted by Gasteiger charge is -2.28. The first-order valence-electron chi connectivity index (χ1n) is 7.37. The molecule has 2 amide bonds. The Labute approximate surface area is 143 Å². The first-order chi connectivity index (χ1) is 11.9. The molecule has 4 rings (SSSR count). The van der Waals surface area contributed by atoms with Crippen molar-refractivity contribution >= 4 is 33.4 Å². The summed E-state index contributed by atoms with van der Waals surface area (Å²) in [6, 6.07) is 8.03. The number of nitrogens with zero attached hydrogens (tertiary/aromatic N) is 4. The number of amidine groups is 1. The largest absolute Gasteiger partial charge is 0.329 e. The standard InChI is InChI=1S/C16H12N4O4S/c1-19-12-6-7-17-8-13(12)25(23,24)18-14(19)9-20-15(21)10-4-2-3-5-11(10)16(20)22/h2-8H,9H2,1H3. The first-order valence-corrected chi connectivity index (χ1v) is 8.81. The second kappa shape index (κ2) is 5.21. The highest BCUT2D eigenvalue weighted by molar-refractivity contribution is 7.90. The van der Waals surface area contributed by atoms with Crippen molar-refractivity contribution in [3.8, 4) is 0 Å². The van der Waals surface area contributed by atoms with E-state index in [0.717, 1.165) is 4.90 Å². The van der Waals surface area contributed by atoms with Crippen LogP contribution in [0.3, 0.4) is 0 Å². The predicted octanol–water partition coefficient (Wildman–Crippen LogP) is 0.915. The number of likely N-dealkylation sites (N-methyl/N-ethyl adjacent to an activating group) is 1. The average molecular weight is 356 g/mol. The van der Waals surface area contributed by atoms with E-state index in [2.05, 4.69) is 9.38 Å². The molecule has 0 radical (unpaired) electrons. The van der Waals surface area contributed by atoms with E-state index in [-0.39, 0.29) is 17.3 Å². The van der Waals surface area contributed by atoms with E-state index in [9.17, 15) is 18.0 Å². The molecule has 0 unspecified atom stereocenters. The van der Waals surface area contributed by atoms with Gasteiger partial charge in [0.25, 0.3) is 21.8 Å². The van der Waals surface area contributed by atoms with Gasteiger partial charge in [0.2, 0.25) is 0 Å². The van der Waals surface area contributed by atoms with E-state index in [1.54, 1.807) is 42.3 Å². The zero-order valence-corrected chi connectivity index (χ0v) is 13.9. The van der Waals surface area contributed by atoms with Crippen molar-refractivity contribution in [1.82, 2.24) is 9.88 Å². The second-order valence-corrected chi connectivity index (χ2v) is 7.20. The number of aromatic nitrogens is 1. The molecule has 0 saturated carbocycles. The van der Waals surface area contributed by atoms with Gasteiger partial charge in [0.05, 0.1) is 23.4 Å². The van der Waals surface area contributed by atoms with Gasteiger partial charge >= 0.3 is 0 Å². The predicted molar refractivity (Wildman–Crippen MR) is 89.1 cm³/mol. The Morgan fingerprint density at radius 3 is 2.32 bits per heavy atom. The van der Waals surface area contributed by atoms with Crippen molar-refractivity contribution in [3.63, 3.8) is 0 Å². The molecule has 2 aliphatic rings. The Bertz CT molecular complexity index is 1030. The van der Waals surface area contributed by atoms with Gasteiger partial charge in [-0.15, -0.1) is 4.40 Å². The van der Waals surface area contributed by atoms with Crippen molar-refractivity contribution in [2.75, 3.05) is 18.5 Å². The molecule has 2 aromatic rings. The van der Waals surface area contributed by atoms with Crippen molar-refractivity contribution in [2.24, 2.45) is 4.40 Å². The minimum Gasteiger partial charge on any atom is -0.329 e. The van der Waals surface area contributed by atoms with E-state index in [4.69, 9.17) is 0 Å². The fraction of sp³-hybridized carbons (Fsp3) is 0.125. The number of rotatable bonds is 2. The molecule has 0 N–H and O–H groups in total. The Morgan fingerprint density at radius 2 is 1.68 bits per heavy atom. The number of carbonyl (C=O) groups is 2. The topological polar surface area (TPSA) is 100 Å². The highest BCUT2D eigenvalue weighted by atomic mass is 32.2. The second-order valence-electron chi connectivity index (χ2n) is 5.63. The smallest absolute Gasteiger partial charge is 0.287 e. The molecule has 0 bridgehead atoms. The molecule has 0 aliphatic carbocycles. The molecule has 0 saturated heterocycles. The van der Waals surface area contributed by atoms with Crippen LogP contribution >= 0.6 is 0 Å². The number of carbonyl (C=O) groups excluding carboxylic acids is 2. The summed E-state index contributed by atoms with van der Waals surface area (Å²) in [5.41, 5.74) is 1.01. The number of pyridine rings is 1. The Hall–Kier alpha value is -3.07. The summed E-state index contributed by atoms with van der Waals surface area (Å²) in [6.45, 7) is -0.232. The zero-order chi connectivity index (χ0) is 17.8. The molecule has 3 heterocycles. The van der Waals surface area contributed by atoms with Crippen LogP contribution in [0, 0.1) is 0 Å². The lowest BCUT2D eigenvalue weighted by atomic mass is 10.1. The lowest BCUT2D eigenvalue weighted by Crippen LogP contribution is -2.43. The van der Waals surface area contributed by atoms with Gasteiger partial charge in [-0.05, 0) is 18.2 Å². The fourth-order valence-corrected chi connectivity index (χ4v) is 4.12. The Balaban J connectivity index is 1.72. The van der Waals surface area contributed by atoms with Gasteiger partial charge in [-0.25, -0.2) is 0 Å². The van der Waals surface area contributed by atoms with E-state index in [1.807, 2.05) is 0 Å². The van der Waals surface area contributed by atoms with Crippen LogP contribution < -0.4 is 4.90 Å². The number of hydrogen-bond donors (Lipinski definition) is 0. The lowest BCUT2D eigenvalue weighted by molar-refractivity contribution is 0.0677. The summed E-state index contributed by atoms with van der Waals surface area (Å²) in [5.74, 6) is -0.836. The molecule has 2 aliphatic heterocycles. The molecule has 8 nitrogen and oxygen atoms in total. The van der Waals surface area contributed by atoms with E-state index in [1.165, 1.54) is 12.4 Å². The van der Waals surface area contributed by atoms with E-state index in [0.29, 0.717) is 16.8 Å². The highest BCUT2D eigenvalue weighted by Gasteiger charge is 2.38. The van der Waals surface area contributed by atoms with Gasteiger partial charge in [0.1, 0.15) is 10.7 Å². The van der Waals surface area contributed by atoms with Crippen LogP contribution in [-0.4, -0.2) is 49.5 Å². The molecular weight excluding hydrogens is 344 g/mol. The number of benzene rings is 1. The van der Waals surface area contributed by atoms with Crippen molar-refractivity contribution < 1.29 is 18.0 Å². The summed E-state index contributed by atoms with van der Waals surface area (Å²) in [4.78, 5) is 31.3. The number of hydrogen-bond acceptors (Lipinski definition) is 6. The molecule has 0 atom stereocenters. The molecule has 0 fully saturated rings. The number of anilines is 1. The molecule has 1 aromatic heterocycles. The normalized spacial score (nSPS) is 18.0. The SMILES string of the molecule is CN1C(CN2C(=O)c3ccccc3C2=O)=NS(=O)(=O)c2cnccc21. The van der Waals surface area contributed by atoms with E-state index < -0.39 is 21.8 Å². The quantitative estimate of drug-likeness (QED) is 0.742. The maximum atomic E-state index is 12.5. The van der Waals surface area contributed by atoms with Crippen LogP contribution in [0.15, 0.2) is 52.0 Å². The number of sulfonamides is 1. The van der Waals surface area contributed by atoms with Gasteiger partial charge in [-0.3, -0.25) is 19.5 Å². The third-order valence-corrected chi connectivity index (χ3v) is 5.51. The third-order valence-electron chi connectivity index (χ3n) is 4.19. The summed E-state index contributed by atoms with van der Waals surface area (Å²) in [7, 11) is -2.30. The summed E-state index contributed by atoms with van der Waals surface area (Å²) >= 11 is 0. The summed E-state index contributed by atoms with van der Waals surface area (Å²) < 4.78 is 28.4. The van der Waals surface area contributed by atoms with Crippen molar-refractivity contribution in [3.05, 3.63) is 53.9 Å². The molecular formula is C16H12N4O4S. The van der Waals surface area contributed by atoms with Crippen LogP contribution in [0.4, 0.5) is 5.69 Å². The van der Waals surface area contributed by atoms with Crippen LogP contribution in [0.5, 0.6) is 0 Å². The number of amides is 2. The molecule has 0 spiro atoms. The maximum absolute atomic E-state index is 12.5. The maximum Gasteiger partial charge on any atom is 0.287 e. The summed E-state index contributed by atoms with van der Waals surface area (Å²) in [6.07, 6.45) is 2.69. The van der Waals surface area contributed by atoms with Gasteiger partial charge < -0.3 is 4.90 Å². The van der Waals surface area contributed by atoms with Gasteiger partial charge in [-0.1, -0.05) is 12.1 Å². The van der Waals surface area contributed by atoms with Crippen LogP contribution in [0.25, 0.3) is 0 Å². The highest BCUT2D eigenvalue weighted by Crippen LogP contribution is 2.30. The molecule has 9 heteroatoms. The number of imide groups is 1. The van der Waals surface area contributed by atoms with Crippen LogP contribution in [-0.2, 0) is 10.0 Å². The van der Waals surface area contributed by atoms with E-state index >= 15 is 0 Å². The monoisotopic (exact) mass is 356 g/mol. The summed E-state index contributed by atoms with van der Waals surface area (Å²) in [5, 5.41) is 0. The molecule has 25 heavy (non-hydrogen) atoms. The van der Waals surface area contributed by atoms with Gasteiger partial charge in [0, 0.05) is 19.4 Å². The van der Waals surface area contributed by atoms with Crippen molar-refractivity contribution in [2.45, 2.75) is 4.90 Å². The average Bonchev–Trinajstić information content (AvgIpc) is 2.85. The minimum absolute atomic E-state index is 0.0105. The number of fused-ring (bicyclic) bond motifs is 2. The Kier molecular flexibility index (Phi) is 3.22.